The molecule has 1 amide bonds. The van der Waals surface area contributed by atoms with Crippen molar-refractivity contribution in [3.63, 3.8) is 0 Å². The Kier molecular flexibility index (Phi) is 5.76. The maximum atomic E-state index is 12.3. The highest BCUT2D eigenvalue weighted by molar-refractivity contribution is 7.80. The van der Waals surface area contributed by atoms with Gasteiger partial charge in [-0.3, -0.25) is 10.1 Å². The molecule has 0 aliphatic rings. The summed E-state index contributed by atoms with van der Waals surface area (Å²) in [6, 6.07) is 10.9. The van der Waals surface area contributed by atoms with Gasteiger partial charge in [-0.2, -0.15) is 0 Å². The van der Waals surface area contributed by atoms with E-state index in [1.807, 2.05) is 32.0 Å². The Morgan fingerprint density at radius 3 is 2.38 bits per heavy atom. The van der Waals surface area contributed by atoms with E-state index in [1.165, 1.54) is 7.11 Å². The molecule has 0 aromatic heterocycles. The molecule has 0 radical (unpaired) electrons. The Balaban J connectivity index is 2.09. The third kappa shape index (κ3) is 4.23. The molecule has 5 nitrogen and oxygen atoms in total. The van der Waals surface area contributed by atoms with Crippen LogP contribution in [0.1, 0.15) is 21.5 Å². The van der Waals surface area contributed by atoms with Gasteiger partial charge in [0.1, 0.15) is 0 Å². The van der Waals surface area contributed by atoms with E-state index in [0.29, 0.717) is 17.1 Å². The van der Waals surface area contributed by atoms with E-state index in [0.717, 1.165) is 16.8 Å². The monoisotopic (exact) mass is 344 g/mol. The third-order valence-corrected chi connectivity index (χ3v) is 3.72. The van der Waals surface area contributed by atoms with E-state index in [-0.39, 0.29) is 11.0 Å². The Morgan fingerprint density at radius 1 is 1.00 bits per heavy atom. The van der Waals surface area contributed by atoms with Crippen molar-refractivity contribution >= 4 is 28.9 Å². The van der Waals surface area contributed by atoms with Crippen molar-refractivity contribution in [2.75, 3.05) is 19.5 Å². The van der Waals surface area contributed by atoms with Crippen LogP contribution in [0.4, 0.5) is 5.69 Å². The minimum Gasteiger partial charge on any atom is -0.493 e. The molecule has 2 aromatic carbocycles. The molecule has 0 fully saturated rings. The summed E-state index contributed by atoms with van der Waals surface area (Å²) in [6.45, 7) is 3.97. The Morgan fingerprint density at radius 2 is 1.71 bits per heavy atom. The molecule has 24 heavy (non-hydrogen) atoms. The summed E-state index contributed by atoms with van der Waals surface area (Å²) in [4.78, 5) is 12.3. The van der Waals surface area contributed by atoms with E-state index in [2.05, 4.69) is 10.6 Å². The predicted molar refractivity (Wildman–Crippen MR) is 99.1 cm³/mol. The van der Waals surface area contributed by atoms with Gasteiger partial charge < -0.3 is 14.8 Å². The fraction of sp³-hybridized carbons (Fsp3) is 0.222. The molecular formula is C18H20N2O3S. The summed E-state index contributed by atoms with van der Waals surface area (Å²) >= 11 is 5.23. The molecule has 0 unspecified atom stereocenters. The molecule has 0 spiro atoms. The van der Waals surface area contributed by atoms with Crippen molar-refractivity contribution in [2.24, 2.45) is 0 Å². The summed E-state index contributed by atoms with van der Waals surface area (Å²) < 4.78 is 10.4. The summed E-state index contributed by atoms with van der Waals surface area (Å²) in [5.41, 5.74) is 3.45. The van der Waals surface area contributed by atoms with Crippen LogP contribution in [-0.2, 0) is 0 Å². The largest absolute Gasteiger partial charge is 0.493 e. The maximum absolute atomic E-state index is 12.3. The first-order chi connectivity index (χ1) is 11.4. The number of carbonyl (C=O) groups excluding carboxylic acids is 1. The standard InChI is InChI=1S/C18H20N2O3S/c1-11-5-6-12(2)14(9-11)19-18(24)20-17(21)13-7-8-15(22-3)16(10-13)23-4/h5-10H,1-4H3,(H2,19,20,21,24). The molecule has 0 aliphatic carbocycles. The second-order valence-corrected chi connectivity index (χ2v) is 5.70. The van der Waals surface area contributed by atoms with Gasteiger partial charge in [-0.05, 0) is 61.5 Å². The number of ether oxygens (including phenoxy) is 2. The number of aryl methyl sites for hydroxylation is 2. The summed E-state index contributed by atoms with van der Waals surface area (Å²) in [6.07, 6.45) is 0. The average Bonchev–Trinajstić information content (AvgIpc) is 2.57. The summed E-state index contributed by atoms with van der Waals surface area (Å²) in [7, 11) is 3.06. The second kappa shape index (κ2) is 7.79. The number of anilines is 1. The lowest BCUT2D eigenvalue weighted by atomic mass is 10.1. The van der Waals surface area contributed by atoms with E-state index in [9.17, 15) is 4.79 Å². The van der Waals surface area contributed by atoms with Gasteiger partial charge in [0, 0.05) is 11.3 Å². The first kappa shape index (κ1) is 17.7. The highest BCUT2D eigenvalue weighted by Gasteiger charge is 2.12. The number of hydrogen-bond donors (Lipinski definition) is 2. The SMILES string of the molecule is COc1ccc(C(=O)NC(=S)Nc2cc(C)ccc2C)cc1OC. The Bertz CT molecular complexity index is 775. The van der Waals surface area contributed by atoms with Gasteiger partial charge in [0.25, 0.3) is 5.91 Å². The van der Waals surface area contributed by atoms with Gasteiger partial charge in [0.05, 0.1) is 14.2 Å². The van der Waals surface area contributed by atoms with Crippen LogP contribution in [0, 0.1) is 13.8 Å². The topological polar surface area (TPSA) is 59.6 Å². The van der Waals surface area contributed by atoms with Crippen LogP contribution in [0.25, 0.3) is 0 Å². The van der Waals surface area contributed by atoms with E-state index in [1.54, 1.807) is 25.3 Å². The fourth-order valence-electron chi connectivity index (χ4n) is 2.18. The van der Waals surface area contributed by atoms with Crippen LogP contribution in [0.15, 0.2) is 36.4 Å². The minimum atomic E-state index is -0.321. The number of hydrogen-bond acceptors (Lipinski definition) is 4. The number of nitrogens with one attached hydrogen (secondary N) is 2. The smallest absolute Gasteiger partial charge is 0.257 e. The van der Waals surface area contributed by atoms with Crippen molar-refractivity contribution in [1.82, 2.24) is 5.32 Å². The molecule has 2 aromatic rings. The molecule has 0 saturated carbocycles. The number of thiocarbonyl (C=S) groups is 1. The highest BCUT2D eigenvalue weighted by Crippen LogP contribution is 2.27. The zero-order valence-corrected chi connectivity index (χ0v) is 14.9. The number of rotatable bonds is 4. The van der Waals surface area contributed by atoms with Crippen molar-refractivity contribution < 1.29 is 14.3 Å². The highest BCUT2D eigenvalue weighted by atomic mass is 32.1. The van der Waals surface area contributed by atoms with E-state index < -0.39 is 0 Å². The third-order valence-electron chi connectivity index (χ3n) is 3.51. The predicted octanol–water partition coefficient (Wildman–Crippen LogP) is 3.45. The minimum absolute atomic E-state index is 0.239. The molecular weight excluding hydrogens is 324 g/mol. The molecule has 6 heteroatoms. The fourth-order valence-corrected chi connectivity index (χ4v) is 2.38. The van der Waals surface area contributed by atoms with Gasteiger partial charge in [-0.15, -0.1) is 0 Å². The van der Waals surface area contributed by atoms with Crippen LogP contribution in [0.2, 0.25) is 0 Å². The molecule has 0 atom stereocenters. The van der Waals surface area contributed by atoms with Crippen LogP contribution in [0.5, 0.6) is 11.5 Å². The number of amides is 1. The van der Waals surface area contributed by atoms with E-state index >= 15 is 0 Å². The number of methoxy groups -OCH3 is 2. The quantitative estimate of drug-likeness (QED) is 0.832. The Labute approximate surface area is 147 Å². The van der Waals surface area contributed by atoms with Crippen molar-refractivity contribution in [3.05, 3.63) is 53.1 Å². The first-order valence-corrected chi connectivity index (χ1v) is 7.77. The van der Waals surface area contributed by atoms with Crippen LogP contribution >= 0.6 is 12.2 Å². The molecule has 126 valence electrons. The van der Waals surface area contributed by atoms with E-state index in [4.69, 9.17) is 21.7 Å². The summed E-state index contributed by atoms with van der Waals surface area (Å²) in [5, 5.41) is 5.95. The Hall–Kier alpha value is -2.60. The number of carbonyl (C=O) groups is 1. The normalized spacial score (nSPS) is 10.0. The van der Waals surface area contributed by atoms with Crippen LogP contribution in [-0.4, -0.2) is 25.2 Å². The molecule has 2 N–H and O–H groups in total. The molecule has 2 rings (SSSR count). The lowest BCUT2D eigenvalue weighted by Crippen LogP contribution is -2.34. The van der Waals surface area contributed by atoms with Crippen LogP contribution in [0.3, 0.4) is 0 Å². The summed E-state index contributed by atoms with van der Waals surface area (Å²) in [5.74, 6) is 0.724. The first-order valence-electron chi connectivity index (χ1n) is 7.36. The van der Waals surface area contributed by atoms with Gasteiger partial charge in [0.2, 0.25) is 0 Å². The second-order valence-electron chi connectivity index (χ2n) is 5.30. The van der Waals surface area contributed by atoms with Gasteiger partial charge >= 0.3 is 0 Å². The van der Waals surface area contributed by atoms with Gasteiger partial charge in [-0.1, -0.05) is 12.1 Å². The average molecular weight is 344 g/mol. The van der Waals surface area contributed by atoms with Crippen LogP contribution < -0.4 is 20.1 Å². The zero-order valence-electron chi connectivity index (χ0n) is 14.1. The molecule has 0 bridgehead atoms. The maximum Gasteiger partial charge on any atom is 0.257 e. The van der Waals surface area contributed by atoms with Crippen molar-refractivity contribution in [3.8, 4) is 11.5 Å². The van der Waals surface area contributed by atoms with Gasteiger partial charge in [-0.25, -0.2) is 0 Å². The molecule has 0 heterocycles. The lowest BCUT2D eigenvalue weighted by Gasteiger charge is -2.13. The lowest BCUT2D eigenvalue weighted by molar-refractivity contribution is 0.0977. The molecule has 0 aliphatic heterocycles. The van der Waals surface area contributed by atoms with Crippen molar-refractivity contribution in [2.45, 2.75) is 13.8 Å². The van der Waals surface area contributed by atoms with Gasteiger partial charge in [0.15, 0.2) is 16.6 Å². The van der Waals surface area contributed by atoms with Crippen molar-refractivity contribution in [1.29, 1.82) is 0 Å². The number of benzene rings is 2. The zero-order chi connectivity index (χ0) is 17.7. The molecule has 0 saturated heterocycles.